The molecule has 23 heavy (non-hydrogen) atoms. The highest BCUT2D eigenvalue weighted by atomic mass is 35.5. The summed E-state index contributed by atoms with van der Waals surface area (Å²) in [4.78, 5) is 12.9. The van der Waals surface area contributed by atoms with Crippen LogP contribution >= 0.6 is 12.4 Å². The fraction of sp³-hybridized carbons (Fsp3) is 0.750. The summed E-state index contributed by atoms with van der Waals surface area (Å²) >= 11 is 0. The lowest BCUT2D eigenvalue weighted by molar-refractivity contribution is -0.132. The maximum Gasteiger partial charge on any atom is 0.248 e. The summed E-state index contributed by atoms with van der Waals surface area (Å²) in [6, 6.07) is 1.86. The summed E-state index contributed by atoms with van der Waals surface area (Å²) in [5.41, 5.74) is -0.589. The number of carbonyl (C=O) groups excluding carboxylic acids is 1. The number of nitrogens with zero attached hydrogens (tertiary/aromatic N) is 2. The number of aliphatic hydroxyl groups excluding tert-OH is 1. The number of hydrogen-bond acceptors (Lipinski definition) is 4. The minimum absolute atomic E-state index is 0. The second kappa shape index (κ2) is 8.13. The first-order valence-corrected chi connectivity index (χ1v) is 8.39. The third kappa shape index (κ3) is 3.87. The predicted octanol–water partition coefficient (Wildman–Crippen LogP) is 1.05. The van der Waals surface area contributed by atoms with E-state index in [2.05, 4.69) is 15.7 Å². The van der Waals surface area contributed by atoms with E-state index in [0.29, 0.717) is 6.54 Å². The van der Waals surface area contributed by atoms with Gasteiger partial charge < -0.3 is 15.7 Å². The molecule has 2 unspecified atom stereocenters. The van der Waals surface area contributed by atoms with E-state index in [1.165, 1.54) is 0 Å². The van der Waals surface area contributed by atoms with Gasteiger partial charge in [0.2, 0.25) is 5.91 Å². The number of halogens is 1. The highest BCUT2D eigenvalue weighted by Gasteiger charge is 2.42. The van der Waals surface area contributed by atoms with Crippen molar-refractivity contribution >= 4 is 18.3 Å². The Kier molecular flexibility index (Phi) is 6.44. The van der Waals surface area contributed by atoms with Gasteiger partial charge in [0.25, 0.3) is 0 Å². The van der Waals surface area contributed by atoms with E-state index < -0.39 is 5.54 Å². The topological polar surface area (TPSA) is 79.2 Å². The Bertz CT molecular complexity index is 488. The number of carbonyl (C=O) groups is 1. The molecule has 1 saturated heterocycles. The van der Waals surface area contributed by atoms with E-state index in [0.717, 1.165) is 51.6 Å². The quantitative estimate of drug-likeness (QED) is 0.764. The normalized spacial score (nSPS) is 27.0. The van der Waals surface area contributed by atoms with E-state index in [-0.39, 0.29) is 30.3 Å². The van der Waals surface area contributed by atoms with Crippen molar-refractivity contribution in [1.82, 2.24) is 20.4 Å². The van der Waals surface area contributed by atoms with Gasteiger partial charge >= 0.3 is 0 Å². The molecule has 6 nitrogen and oxygen atoms in total. The Morgan fingerprint density at radius 3 is 2.74 bits per heavy atom. The van der Waals surface area contributed by atoms with Crippen molar-refractivity contribution in [3.8, 4) is 0 Å². The molecule has 0 aromatic carbocycles. The second-order valence-corrected chi connectivity index (χ2v) is 6.55. The maximum atomic E-state index is 12.9. The molecule has 3 rings (SSSR count). The molecule has 0 bridgehead atoms. The van der Waals surface area contributed by atoms with Gasteiger partial charge in [0, 0.05) is 24.9 Å². The van der Waals surface area contributed by atoms with Gasteiger partial charge in [0.05, 0.1) is 6.10 Å². The number of piperidine rings is 1. The summed E-state index contributed by atoms with van der Waals surface area (Å²) < 4.78 is 1.81. The highest BCUT2D eigenvalue weighted by Crippen LogP contribution is 2.28. The molecule has 2 fully saturated rings. The predicted molar refractivity (Wildman–Crippen MR) is 90.5 cm³/mol. The Morgan fingerprint density at radius 1 is 1.35 bits per heavy atom. The molecular weight excluding hydrogens is 316 g/mol. The summed E-state index contributed by atoms with van der Waals surface area (Å²) in [5.74, 6) is 0.226. The Morgan fingerprint density at radius 2 is 2.09 bits per heavy atom. The van der Waals surface area contributed by atoms with Gasteiger partial charge in [-0.2, -0.15) is 5.10 Å². The molecule has 1 aromatic rings. The van der Waals surface area contributed by atoms with Crippen molar-refractivity contribution in [2.75, 3.05) is 19.6 Å². The van der Waals surface area contributed by atoms with E-state index in [1.54, 1.807) is 10.9 Å². The smallest absolute Gasteiger partial charge is 0.248 e. The number of hydrogen-bond donors (Lipinski definition) is 3. The summed E-state index contributed by atoms with van der Waals surface area (Å²) in [6.07, 6.45) is 8.90. The van der Waals surface area contributed by atoms with Crippen molar-refractivity contribution in [3.63, 3.8) is 0 Å². The lowest BCUT2D eigenvalue weighted by atomic mass is 9.85. The van der Waals surface area contributed by atoms with Gasteiger partial charge in [0.15, 0.2) is 0 Å². The molecular formula is C16H27ClN4O2. The van der Waals surface area contributed by atoms with Gasteiger partial charge in [-0.15, -0.1) is 12.4 Å². The molecule has 7 heteroatoms. The van der Waals surface area contributed by atoms with Crippen LogP contribution in [0.2, 0.25) is 0 Å². The van der Waals surface area contributed by atoms with Crippen molar-refractivity contribution in [1.29, 1.82) is 0 Å². The van der Waals surface area contributed by atoms with Gasteiger partial charge in [-0.3, -0.25) is 9.48 Å². The number of nitrogens with one attached hydrogen (secondary N) is 2. The van der Waals surface area contributed by atoms with E-state index in [9.17, 15) is 9.90 Å². The van der Waals surface area contributed by atoms with Crippen LogP contribution < -0.4 is 10.6 Å². The summed E-state index contributed by atoms with van der Waals surface area (Å²) in [7, 11) is 0. The van der Waals surface area contributed by atoms with Gasteiger partial charge in [0.1, 0.15) is 5.54 Å². The van der Waals surface area contributed by atoms with Crippen LogP contribution in [0.1, 0.15) is 38.5 Å². The Balaban J connectivity index is 0.00000192. The van der Waals surface area contributed by atoms with Gasteiger partial charge in [-0.05, 0) is 44.8 Å². The van der Waals surface area contributed by atoms with Crippen LogP contribution in [0.25, 0.3) is 0 Å². The van der Waals surface area contributed by atoms with Crippen LogP contribution in [0.15, 0.2) is 18.5 Å². The average molecular weight is 343 g/mol. The second-order valence-electron chi connectivity index (χ2n) is 6.55. The number of aliphatic hydroxyl groups is 1. The third-order valence-electron chi connectivity index (χ3n) is 5.19. The molecule has 2 heterocycles. The number of amides is 1. The molecule has 130 valence electrons. The molecule has 1 aliphatic carbocycles. The molecule has 2 aliphatic rings. The zero-order chi connectivity index (χ0) is 15.4. The monoisotopic (exact) mass is 342 g/mol. The molecule has 0 radical (unpaired) electrons. The van der Waals surface area contributed by atoms with Crippen LogP contribution in [0.3, 0.4) is 0 Å². The van der Waals surface area contributed by atoms with Gasteiger partial charge in [-0.25, -0.2) is 0 Å². The molecule has 1 aromatic heterocycles. The number of aromatic nitrogens is 2. The summed E-state index contributed by atoms with van der Waals surface area (Å²) in [6.45, 7) is 2.20. The van der Waals surface area contributed by atoms with Crippen molar-refractivity contribution in [2.24, 2.45) is 5.92 Å². The Hall–Kier alpha value is -1.11. The molecule has 1 amide bonds. The van der Waals surface area contributed by atoms with Gasteiger partial charge in [-0.1, -0.05) is 12.8 Å². The highest BCUT2D eigenvalue weighted by molar-refractivity contribution is 5.85. The molecule has 3 N–H and O–H groups in total. The van der Waals surface area contributed by atoms with Crippen LogP contribution in [-0.4, -0.2) is 46.5 Å². The SMILES string of the molecule is Cl.O=C(NCC1CCCCC1O)C1(n2cccn2)CCNCC1. The van der Waals surface area contributed by atoms with Crippen LogP contribution in [0.4, 0.5) is 0 Å². The number of rotatable bonds is 4. The minimum Gasteiger partial charge on any atom is -0.393 e. The molecule has 1 aliphatic heterocycles. The summed E-state index contributed by atoms with van der Waals surface area (Å²) in [5, 5.41) is 20.8. The van der Waals surface area contributed by atoms with Crippen LogP contribution in [0, 0.1) is 5.92 Å². The first-order valence-electron chi connectivity index (χ1n) is 8.39. The van der Waals surface area contributed by atoms with E-state index >= 15 is 0 Å². The molecule has 1 saturated carbocycles. The zero-order valence-electron chi connectivity index (χ0n) is 13.4. The zero-order valence-corrected chi connectivity index (χ0v) is 14.2. The Labute approximate surface area is 143 Å². The molecule has 0 spiro atoms. The fourth-order valence-electron chi connectivity index (χ4n) is 3.74. The fourth-order valence-corrected chi connectivity index (χ4v) is 3.74. The van der Waals surface area contributed by atoms with Crippen molar-refractivity contribution in [3.05, 3.63) is 18.5 Å². The van der Waals surface area contributed by atoms with Crippen molar-refractivity contribution in [2.45, 2.75) is 50.2 Å². The van der Waals surface area contributed by atoms with Crippen molar-refractivity contribution < 1.29 is 9.90 Å². The standard InChI is InChI=1S/C16H26N4O2.ClH/c21-14-5-2-1-4-13(14)12-18-15(22)16(6-9-17-10-7-16)20-11-3-8-19-20;/h3,8,11,13-14,17,21H,1-2,4-7,9-10,12H2,(H,18,22);1H. The largest absolute Gasteiger partial charge is 0.393 e. The maximum absolute atomic E-state index is 12.9. The van der Waals surface area contributed by atoms with E-state index in [1.807, 2.05) is 12.3 Å². The van der Waals surface area contributed by atoms with Crippen LogP contribution in [0.5, 0.6) is 0 Å². The lowest BCUT2D eigenvalue weighted by Crippen LogP contribution is -2.55. The lowest BCUT2D eigenvalue weighted by Gasteiger charge is -2.37. The third-order valence-corrected chi connectivity index (χ3v) is 5.19. The van der Waals surface area contributed by atoms with E-state index in [4.69, 9.17) is 0 Å². The first-order chi connectivity index (χ1) is 10.7. The average Bonchev–Trinajstić information content (AvgIpc) is 3.09. The minimum atomic E-state index is -0.589. The van der Waals surface area contributed by atoms with Crippen LogP contribution in [-0.2, 0) is 10.3 Å². The molecule has 2 atom stereocenters. The first kappa shape index (κ1) is 18.2.